The molecule has 4 nitrogen and oxygen atoms in total. The fraction of sp³-hybridized carbons (Fsp3) is 0.571. The molecule has 1 amide bonds. The summed E-state index contributed by atoms with van der Waals surface area (Å²) in [7, 11) is 0. The Kier molecular flexibility index (Phi) is 6.51. The Labute approximate surface area is 150 Å². The van der Waals surface area contributed by atoms with Crippen molar-refractivity contribution in [2.45, 2.75) is 57.4 Å². The van der Waals surface area contributed by atoms with Crippen LogP contribution in [0.3, 0.4) is 0 Å². The van der Waals surface area contributed by atoms with Gasteiger partial charge in [0.15, 0.2) is 0 Å². The number of phenols is 1. The predicted molar refractivity (Wildman–Crippen MR) is 101 cm³/mol. The summed E-state index contributed by atoms with van der Waals surface area (Å²) < 4.78 is 0. The minimum Gasteiger partial charge on any atom is -0.508 e. The minimum atomic E-state index is 0.173. The fourth-order valence-corrected chi connectivity index (χ4v) is 3.87. The molecule has 2 N–H and O–H groups in total. The first-order valence-electron chi connectivity index (χ1n) is 9.71. The highest BCUT2D eigenvalue weighted by molar-refractivity contribution is 5.78. The molecule has 1 aliphatic heterocycles. The number of carbonyl (C=O) groups is 1. The molecule has 1 fully saturated rings. The molecule has 0 radical (unpaired) electrons. The van der Waals surface area contributed by atoms with E-state index in [9.17, 15) is 9.90 Å². The van der Waals surface area contributed by atoms with Crippen LogP contribution in [0.4, 0.5) is 0 Å². The number of rotatable bonds is 4. The lowest BCUT2D eigenvalue weighted by Crippen LogP contribution is -2.43. The Hall–Kier alpha value is -1.81. The van der Waals surface area contributed by atoms with Crippen LogP contribution in [0.1, 0.15) is 56.9 Å². The zero-order valence-electron chi connectivity index (χ0n) is 15.0. The molecule has 0 aromatic heterocycles. The van der Waals surface area contributed by atoms with Crippen molar-refractivity contribution in [3.8, 4) is 5.75 Å². The van der Waals surface area contributed by atoms with Crippen molar-refractivity contribution in [2.75, 3.05) is 19.6 Å². The highest BCUT2D eigenvalue weighted by Crippen LogP contribution is 2.24. The third kappa shape index (κ3) is 5.60. The molecular weight excluding hydrogens is 312 g/mol. The second kappa shape index (κ2) is 9.04. The summed E-state index contributed by atoms with van der Waals surface area (Å²) in [6.45, 7) is 2.22. The Morgan fingerprint density at radius 3 is 2.40 bits per heavy atom. The first-order chi connectivity index (χ1) is 12.2. The number of nitrogens with zero attached hydrogens (tertiary/aromatic N) is 1. The molecule has 0 saturated heterocycles. The third-order valence-electron chi connectivity index (χ3n) is 5.37. The van der Waals surface area contributed by atoms with E-state index in [4.69, 9.17) is 0 Å². The Balaban J connectivity index is 1.46. The second-order valence-electron chi connectivity index (χ2n) is 7.37. The molecule has 4 heteroatoms. The van der Waals surface area contributed by atoms with Gasteiger partial charge in [0.25, 0.3) is 0 Å². The van der Waals surface area contributed by atoms with Gasteiger partial charge in [0.1, 0.15) is 5.75 Å². The van der Waals surface area contributed by atoms with Gasteiger partial charge in [-0.15, -0.1) is 0 Å². The van der Waals surface area contributed by atoms with Crippen molar-refractivity contribution in [2.24, 2.45) is 0 Å². The van der Waals surface area contributed by atoms with Crippen molar-refractivity contribution in [1.82, 2.24) is 10.2 Å². The van der Waals surface area contributed by atoms with Crippen LogP contribution >= 0.6 is 0 Å². The van der Waals surface area contributed by atoms with E-state index >= 15 is 0 Å². The van der Waals surface area contributed by atoms with Gasteiger partial charge in [0.2, 0.25) is 5.91 Å². The zero-order valence-corrected chi connectivity index (χ0v) is 15.0. The average molecular weight is 342 g/mol. The molecule has 2 aliphatic rings. The molecule has 1 aliphatic carbocycles. The van der Waals surface area contributed by atoms with Gasteiger partial charge in [0, 0.05) is 19.1 Å². The molecule has 136 valence electrons. The van der Waals surface area contributed by atoms with Crippen LogP contribution in [0.5, 0.6) is 5.75 Å². The van der Waals surface area contributed by atoms with Crippen LogP contribution in [-0.4, -0.2) is 41.6 Å². The van der Waals surface area contributed by atoms with Gasteiger partial charge in [-0.3, -0.25) is 9.69 Å². The van der Waals surface area contributed by atoms with Crippen molar-refractivity contribution in [1.29, 1.82) is 0 Å². The predicted octanol–water partition coefficient (Wildman–Crippen LogP) is 3.71. The third-order valence-corrected chi connectivity index (χ3v) is 5.37. The van der Waals surface area contributed by atoms with E-state index in [1.807, 2.05) is 12.1 Å². The lowest BCUT2D eigenvalue weighted by molar-refractivity contribution is -0.123. The molecule has 3 rings (SSSR count). The molecule has 1 aromatic carbocycles. The van der Waals surface area contributed by atoms with E-state index < -0.39 is 0 Å². The van der Waals surface area contributed by atoms with Crippen molar-refractivity contribution < 1.29 is 9.90 Å². The van der Waals surface area contributed by atoms with Crippen molar-refractivity contribution in [3.63, 3.8) is 0 Å². The first-order valence-corrected chi connectivity index (χ1v) is 9.71. The molecule has 0 unspecified atom stereocenters. The Morgan fingerprint density at radius 2 is 1.76 bits per heavy atom. The maximum atomic E-state index is 12.4. The van der Waals surface area contributed by atoms with Crippen LogP contribution < -0.4 is 5.32 Å². The van der Waals surface area contributed by atoms with Crippen molar-refractivity contribution >= 4 is 11.5 Å². The number of carbonyl (C=O) groups excluding carboxylic acids is 1. The number of nitrogens with one attached hydrogen (secondary N) is 1. The normalized spacial score (nSPS) is 20.4. The standard InChI is InChI=1S/C21H30N2O2/c24-20-10-8-17(9-11-20)18-12-14-23(15-13-18)16-21(25)22-19-6-4-2-1-3-5-7-19/h8-12,19,24H,1-7,13-16H2,(H,22,25). The van der Waals surface area contributed by atoms with Crippen LogP contribution in [0, 0.1) is 0 Å². The molecule has 0 spiro atoms. The van der Waals surface area contributed by atoms with E-state index in [1.165, 1.54) is 37.7 Å². The van der Waals surface area contributed by atoms with E-state index in [0.717, 1.165) is 37.9 Å². The zero-order chi connectivity index (χ0) is 17.5. The highest BCUT2D eigenvalue weighted by atomic mass is 16.3. The number of hydrogen-bond donors (Lipinski definition) is 2. The average Bonchev–Trinajstić information content (AvgIpc) is 2.59. The molecular formula is C21H30N2O2. The number of benzene rings is 1. The summed E-state index contributed by atoms with van der Waals surface area (Å²) in [4.78, 5) is 14.6. The number of hydrogen-bond acceptors (Lipinski definition) is 3. The Bertz CT molecular complexity index is 586. The Morgan fingerprint density at radius 1 is 1.08 bits per heavy atom. The monoisotopic (exact) mass is 342 g/mol. The minimum absolute atomic E-state index is 0.173. The summed E-state index contributed by atoms with van der Waals surface area (Å²) in [6, 6.07) is 7.74. The topological polar surface area (TPSA) is 52.6 Å². The summed E-state index contributed by atoms with van der Waals surface area (Å²) in [6.07, 6.45) is 11.9. The van der Waals surface area contributed by atoms with Gasteiger partial charge in [-0.2, -0.15) is 0 Å². The van der Waals surface area contributed by atoms with E-state index in [-0.39, 0.29) is 5.91 Å². The lowest BCUT2D eigenvalue weighted by Gasteiger charge is -2.27. The van der Waals surface area contributed by atoms with Gasteiger partial charge in [-0.1, -0.05) is 50.3 Å². The van der Waals surface area contributed by atoms with Crippen LogP contribution in [0.25, 0.3) is 5.57 Å². The smallest absolute Gasteiger partial charge is 0.234 e. The maximum Gasteiger partial charge on any atom is 0.234 e. The molecule has 0 atom stereocenters. The SMILES string of the molecule is O=C(CN1CC=C(c2ccc(O)cc2)CC1)NC1CCCCCCC1. The fourth-order valence-electron chi connectivity index (χ4n) is 3.87. The highest BCUT2D eigenvalue weighted by Gasteiger charge is 2.18. The molecule has 1 heterocycles. The van der Waals surface area contributed by atoms with Gasteiger partial charge >= 0.3 is 0 Å². The van der Waals surface area contributed by atoms with E-state index in [1.54, 1.807) is 12.1 Å². The largest absolute Gasteiger partial charge is 0.508 e. The molecule has 1 aromatic rings. The van der Waals surface area contributed by atoms with Crippen LogP contribution in [0.15, 0.2) is 30.3 Å². The summed E-state index contributed by atoms with van der Waals surface area (Å²) in [5, 5.41) is 12.6. The van der Waals surface area contributed by atoms with E-state index in [2.05, 4.69) is 16.3 Å². The number of phenolic OH excluding ortho intramolecular Hbond substituents is 1. The lowest BCUT2D eigenvalue weighted by atomic mass is 9.96. The van der Waals surface area contributed by atoms with E-state index in [0.29, 0.717) is 18.3 Å². The first kappa shape index (κ1) is 18.0. The quantitative estimate of drug-likeness (QED) is 0.877. The van der Waals surface area contributed by atoms with Crippen LogP contribution in [-0.2, 0) is 4.79 Å². The molecule has 25 heavy (non-hydrogen) atoms. The summed E-state index contributed by atoms with van der Waals surface area (Å²) in [5.41, 5.74) is 2.47. The van der Waals surface area contributed by atoms with Crippen molar-refractivity contribution in [3.05, 3.63) is 35.9 Å². The summed E-state index contributed by atoms with van der Waals surface area (Å²) >= 11 is 0. The van der Waals surface area contributed by atoms with Gasteiger partial charge in [-0.05, 0) is 42.5 Å². The maximum absolute atomic E-state index is 12.4. The second-order valence-corrected chi connectivity index (χ2v) is 7.37. The molecule has 1 saturated carbocycles. The van der Waals surface area contributed by atoms with Gasteiger partial charge < -0.3 is 10.4 Å². The summed E-state index contributed by atoms with van der Waals surface area (Å²) in [5.74, 6) is 0.472. The van der Waals surface area contributed by atoms with Gasteiger partial charge in [-0.25, -0.2) is 0 Å². The molecule has 0 bridgehead atoms. The van der Waals surface area contributed by atoms with Gasteiger partial charge in [0.05, 0.1) is 6.54 Å². The number of amides is 1. The van der Waals surface area contributed by atoms with Crippen LogP contribution in [0.2, 0.25) is 0 Å². The number of aromatic hydroxyl groups is 1.